The molecule has 0 aromatic carbocycles. The molecule has 3 N–H and O–H groups in total. The SMILES string of the molecule is CC(C)C1CCC(NCCCN)CC1. The summed E-state index contributed by atoms with van der Waals surface area (Å²) in [6.45, 7) is 6.63. The lowest BCUT2D eigenvalue weighted by Gasteiger charge is -2.31. The van der Waals surface area contributed by atoms with E-state index in [1.807, 2.05) is 0 Å². The summed E-state index contributed by atoms with van der Waals surface area (Å²) >= 11 is 0. The van der Waals surface area contributed by atoms with Gasteiger partial charge in [-0.15, -0.1) is 0 Å². The van der Waals surface area contributed by atoms with Gasteiger partial charge in [0.15, 0.2) is 0 Å². The molecule has 0 aromatic heterocycles. The Bertz CT molecular complexity index is 137. The van der Waals surface area contributed by atoms with E-state index in [9.17, 15) is 0 Å². The highest BCUT2D eigenvalue weighted by atomic mass is 14.9. The maximum atomic E-state index is 5.47. The van der Waals surface area contributed by atoms with E-state index >= 15 is 0 Å². The number of rotatable bonds is 5. The van der Waals surface area contributed by atoms with Gasteiger partial charge < -0.3 is 11.1 Å². The second-order valence-electron chi connectivity index (χ2n) is 4.95. The first-order chi connectivity index (χ1) is 6.74. The molecular weight excluding hydrogens is 172 g/mol. The third-order valence-electron chi connectivity index (χ3n) is 3.53. The van der Waals surface area contributed by atoms with Crippen molar-refractivity contribution in [3.05, 3.63) is 0 Å². The predicted octanol–water partition coefficient (Wildman–Crippen LogP) is 2.14. The van der Waals surface area contributed by atoms with Crippen molar-refractivity contribution in [1.82, 2.24) is 5.32 Å². The molecular formula is C12H26N2. The van der Waals surface area contributed by atoms with Crippen molar-refractivity contribution in [2.45, 2.75) is 52.0 Å². The second kappa shape index (κ2) is 6.41. The summed E-state index contributed by atoms with van der Waals surface area (Å²) in [5.74, 6) is 1.85. The van der Waals surface area contributed by atoms with Gasteiger partial charge in [-0.3, -0.25) is 0 Å². The normalized spacial score (nSPS) is 28.3. The minimum absolute atomic E-state index is 0.775. The van der Waals surface area contributed by atoms with E-state index in [1.54, 1.807) is 0 Å². The molecule has 0 saturated heterocycles. The zero-order valence-electron chi connectivity index (χ0n) is 9.76. The van der Waals surface area contributed by atoms with Gasteiger partial charge in [-0.25, -0.2) is 0 Å². The molecule has 2 nitrogen and oxygen atoms in total. The van der Waals surface area contributed by atoms with E-state index in [2.05, 4.69) is 19.2 Å². The Kier molecular flexibility index (Phi) is 5.49. The Morgan fingerprint density at radius 1 is 1.21 bits per heavy atom. The van der Waals surface area contributed by atoms with Gasteiger partial charge in [0.1, 0.15) is 0 Å². The molecule has 1 aliphatic rings. The van der Waals surface area contributed by atoms with Gasteiger partial charge in [-0.1, -0.05) is 13.8 Å². The lowest BCUT2D eigenvalue weighted by atomic mass is 9.80. The molecule has 0 aliphatic heterocycles. The zero-order chi connectivity index (χ0) is 10.4. The predicted molar refractivity (Wildman–Crippen MR) is 62.3 cm³/mol. The summed E-state index contributed by atoms with van der Waals surface area (Å²) < 4.78 is 0. The largest absolute Gasteiger partial charge is 0.330 e. The highest BCUT2D eigenvalue weighted by molar-refractivity contribution is 4.78. The van der Waals surface area contributed by atoms with Gasteiger partial charge in [-0.05, 0) is 57.0 Å². The smallest absolute Gasteiger partial charge is 0.00672 e. The summed E-state index contributed by atoms with van der Waals surface area (Å²) in [5, 5.41) is 3.60. The number of nitrogens with one attached hydrogen (secondary N) is 1. The van der Waals surface area contributed by atoms with Gasteiger partial charge in [0, 0.05) is 6.04 Å². The second-order valence-corrected chi connectivity index (χ2v) is 4.95. The molecule has 0 bridgehead atoms. The van der Waals surface area contributed by atoms with Crippen molar-refractivity contribution in [3.8, 4) is 0 Å². The van der Waals surface area contributed by atoms with Gasteiger partial charge in [-0.2, -0.15) is 0 Å². The average Bonchev–Trinajstić information content (AvgIpc) is 2.19. The van der Waals surface area contributed by atoms with Crippen molar-refractivity contribution in [2.24, 2.45) is 17.6 Å². The molecule has 1 fully saturated rings. The minimum atomic E-state index is 0.775. The van der Waals surface area contributed by atoms with Crippen molar-refractivity contribution < 1.29 is 0 Å². The Balaban J connectivity index is 2.09. The van der Waals surface area contributed by atoms with Crippen molar-refractivity contribution in [1.29, 1.82) is 0 Å². The van der Waals surface area contributed by atoms with Gasteiger partial charge in [0.25, 0.3) is 0 Å². The third-order valence-corrected chi connectivity index (χ3v) is 3.53. The highest BCUT2D eigenvalue weighted by Crippen LogP contribution is 2.29. The molecule has 1 aliphatic carbocycles. The first kappa shape index (κ1) is 12.0. The van der Waals surface area contributed by atoms with Crippen LogP contribution in [0.1, 0.15) is 46.0 Å². The summed E-state index contributed by atoms with van der Waals surface area (Å²) in [6.07, 6.45) is 6.68. The minimum Gasteiger partial charge on any atom is -0.330 e. The molecule has 0 aromatic rings. The standard InChI is InChI=1S/C12H26N2/c1-10(2)11-4-6-12(7-5-11)14-9-3-8-13/h10-12,14H,3-9,13H2,1-2H3. The topological polar surface area (TPSA) is 38.0 Å². The molecule has 0 radical (unpaired) electrons. The first-order valence-corrected chi connectivity index (χ1v) is 6.17. The van der Waals surface area contributed by atoms with Crippen LogP contribution in [-0.2, 0) is 0 Å². The molecule has 14 heavy (non-hydrogen) atoms. The van der Waals surface area contributed by atoms with E-state index in [4.69, 9.17) is 5.73 Å². The highest BCUT2D eigenvalue weighted by Gasteiger charge is 2.22. The van der Waals surface area contributed by atoms with E-state index in [-0.39, 0.29) is 0 Å². The molecule has 0 spiro atoms. The van der Waals surface area contributed by atoms with Crippen LogP contribution in [0.4, 0.5) is 0 Å². The van der Waals surface area contributed by atoms with Crippen molar-refractivity contribution in [3.63, 3.8) is 0 Å². The van der Waals surface area contributed by atoms with Crippen LogP contribution in [0.15, 0.2) is 0 Å². The van der Waals surface area contributed by atoms with E-state index in [0.29, 0.717) is 0 Å². The Morgan fingerprint density at radius 3 is 2.36 bits per heavy atom. The molecule has 0 atom stereocenters. The summed E-state index contributed by atoms with van der Waals surface area (Å²) in [4.78, 5) is 0. The summed E-state index contributed by atoms with van der Waals surface area (Å²) in [6, 6.07) is 0.775. The van der Waals surface area contributed by atoms with E-state index < -0.39 is 0 Å². The van der Waals surface area contributed by atoms with Crippen LogP contribution in [0.2, 0.25) is 0 Å². The maximum Gasteiger partial charge on any atom is 0.00672 e. The van der Waals surface area contributed by atoms with Gasteiger partial charge in [0.2, 0.25) is 0 Å². The molecule has 2 heteroatoms. The zero-order valence-corrected chi connectivity index (χ0v) is 9.76. The molecule has 1 saturated carbocycles. The van der Waals surface area contributed by atoms with Crippen molar-refractivity contribution >= 4 is 0 Å². The lowest BCUT2D eigenvalue weighted by Crippen LogP contribution is -2.35. The van der Waals surface area contributed by atoms with Gasteiger partial charge in [0.05, 0.1) is 0 Å². The van der Waals surface area contributed by atoms with Crippen LogP contribution in [0.3, 0.4) is 0 Å². The third kappa shape index (κ3) is 3.97. The number of hydrogen-bond donors (Lipinski definition) is 2. The molecule has 0 heterocycles. The van der Waals surface area contributed by atoms with Crippen molar-refractivity contribution in [2.75, 3.05) is 13.1 Å². The van der Waals surface area contributed by atoms with E-state index in [1.165, 1.54) is 25.7 Å². The summed E-state index contributed by atoms with van der Waals surface area (Å²) in [5.41, 5.74) is 5.47. The van der Waals surface area contributed by atoms with Crippen LogP contribution in [0.5, 0.6) is 0 Å². The molecule has 84 valence electrons. The van der Waals surface area contributed by atoms with E-state index in [0.717, 1.165) is 37.4 Å². The fourth-order valence-electron chi connectivity index (χ4n) is 2.40. The van der Waals surface area contributed by atoms with Crippen LogP contribution in [-0.4, -0.2) is 19.1 Å². The number of hydrogen-bond acceptors (Lipinski definition) is 2. The van der Waals surface area contributed by atoms with Crippen LogP contribution >= 0.6 is 0 Å². The molecule has 0 unspecified atom stereocenters. The fourth-order valence-corrected chi connectivity index (χ4v) is 2.40. The number of nitrogens with two attached hydrogens (primary N) is 1. The van der Waals surface area contributed by atoms with Crippen LogP contribution in [0, 0.1) is 11.8 Å². The molecule has 1 rings (SSSR count). The van der Waals surface area contributed by atoms with Crippen LogP contribution in [0.25, 0.3) is 0 Å². The monoisotopic (exact) mass is 198 g/mol. The fraction of sp³-hybridized carbons (Fsp3) is 1.00. The Labute approximate surface area is 88.6 Å². The maximum absolute atomic E-state index is 5.47. The van der Waals surface area contributed by atoms with Gasteiger partial charge >= 0.3 is 0 Å². The van der Waals surface area contributed by atoms with Crippen LogP contribution < -0.4 is 11.1 Å². The Hall–Kier alpha value is -0.0800. The quantitative estimate of drug-likeness (QED) is 0.664. The first-order valence-electron chi connectivity index (χ1n) is 6.17. The molecule has 0 amide bonds. The lowest BCUT2D eigenvalue weighted by molar-refractivity contribution is 0.239. The summed E-state index contributed by atoms with van der Waals surface area (Å²) in [7, 11) is 0. The Morgan fingerprint density at radius 2 is 1.86 bits per heavy atom. The average molecular weight is 198 g/mol.